The van der Waals surface area contributed by atoms with Gasteiger partial charge >= 0.3 is 0 Å². The van der Waals surface area contributed by atoms with Crippen molar-refractivity contribution < 1.29 is 13.2 Å². The Morgan fingerprint density at radius 3 is 2.47 bits per heavy atom. The lowest BCUT2D eigenvalue weighted by molar-refractivity contribution is -0.125. The normalized spacial score (nSPS) is 12.4. The van der Waals surface area contributed by atoms with Crippen LogP contribution in [0.3, 0.4) is 0 Å². The first-order chi connectivity index (χ1) is 8.69. The maximum atomic E-state index is 12.0. The van der Waals surface area contributed by atoms with Gasteiger partial charge in [-0.2, -0.15) is 0 Å². The lowest BCUT2D eigenvalue weighted by Crippen LogP contribution is -2.42. The van der Waals surface area contributed by atoms with Crippen molar-refractivity contribution in [1.29, 1.82) is 0 Å². The van der Waals surface area contributed by atoms with Crippen molar-refractivity contribution in [3.8, 4) is 0 Å². The molecule has 1 amide bonds. The van der Waals surface area contributed by atoms with E-state index in [-0.39, 0.29) is 18.0 Å². The molecule has 0 bridgehead atoms. The van der Waals surface area contributed by atoms with Crippen LogP contribution in [0, 0.1) is 5.41 Å². The summed E-state index contributed by atoms with van der Waals surface area (Å²) in [6, 6.07) is 2.95. The van der Waals surface area contributed by atoms with Crippen LogP contribution in [0.2, 0.25) is 0 Å². The van der Waals surface area contributed by atoms with Gasteiger partial charge < -0.3 is 11.5 Å². The third-order valence-electron chi connectivity index (χ3n) is 2.69. The van der Waals surface area contributed by atoms with E-state index < -0.39 is 21.3 Å². The van der Waals surface area contributed by atoms with Gasteiger partial charge in [-0.3, -0.25) is 9.78 Å². The Balaban J connectivity index is 2.84. The summed E-state index contributed by atoms with van der Waals surface area (Å²) < 4.78 is 26.3. The van der Waals surface area contributed by atoms with Gasteiger partial charge in [0.1, 0.15) is 4.90 Å². The number of primary amides is 1. The summed E-state index contributed by atoms with van der Waals surface area (Å²) in [5.41, 5.74) is 10.2. The van der Waals surface area contributed by atoms with Crippen LogP contribution in [-0.2, 0) is 21.4 Å². The summed E-state index contributed by atoms with van der Waals surface area (Å²) in [6.07, 6.45) is 1.22. The summed E-state index contributed by atoms with van der Waals surface area (Å²) in [6.45, 7) is 3.28. The van der Waals surface area contributed by atoms with E-state index in [2.05, 4.69) is 9.71 Å². The van der Waals surface area contributed by atoms with Crippen molar-refractivity contribution in [2.45, 2.75) is 25.3 Å². The number of nitrogens with two attached hydrogens (primary N) is 2. The van der Waals surface area contributed by atoms with Gasteiger partial charge in [0.2, 0.25) is 15.9 Å². The smallest absolute Gasteiger partial charge is 0.242 e. The van der Waals surface area contributed by atoms with E-state index in [0.29, 0.717) is 5.69 Å². The van der Waals surface area contributed by atoms with Gasteiger partial charge in [0.05, 0.1) is 11.1 Å². The monoisotopic (exact) mass is 286 g/mol. The van der Waals surface area contributed by atoms with Crippen molar-refractivity contribution in [2.75, 3.05) is 6.54 Å². The van der Waals surface area contributed by atoms with Crippen LogP contribution >= 0.6 is 0 Å². The fourth-order valence-electron chi connectivity index (χ4n) is 1.14. The molecule has 106 valence electrons. The molecule has 1 aromatic rings. The highest BCUT2D eigenvalue weighted by Crippen LogP contribution is 2.14. The van der Waals surface area contributed by atoms with Gasteiger partial charge in [-0.05, 0) is 26.0 Å². The average Bonchev–Trinajstić information content (AvgIpc) is 2.36. The summed E-state index contributed by atoms with van der Waals surface area (Å²) in [5, 5.41) is 0. The fraction of sp³-hybridized carbons (Fsp3) is 0.455. The fourth-order valence-corrected chi connectivity index (χ4v) is 2.29. The van der Waals surface area contributed by atoms with Gasteiger partial charge in [-0.15, -0.1) is 0 Å². The summed E-state index contributed by atoms with van der Waals surface area (Å²) in [7, 11) is -3.71. The number of hydrogen-bond acceptors (Lipinski definition) is 5. The maximum absolute atomic E-state index is 12.0. The van der Waals surface area contributed by atoms with E-state index >= 15 is 0 Å². The zero-order valence-corrected chi connectivity index (χ0v) is 11.7. The molecule has 0 aliphatic carbocycles. The van der Waals surface area contributed by atoms with Crippen molar-refractivity contribution in [3.05, 3.63) is 24.0 Å². The number of carbonyl (C=O) groups excluding carboxylic acids is 1. The molecule has 19 heavy (non-hydrogen) atoms. The van der Waals surface area contributed by atoms with E-state index in [4.69, 9.17) is 11.5 Å². The molecule has 0 aliphatic heterocycles. The molecular formula is C11H18N4O3S. The number of carbonyl (C=O) groups is 1. The molecule has 0 aromatic carbocycles. The SMILES string of the molecule is CC(C)(CNS(=O)(=O)c1ccc(CN)nc1)C(N)=O. The highest BCUT2D eigenvalue weighted by Gasteiger charge is 2.27. The standard InChI is InChI=1S/C11H18N4O3S/c1-11(2,10(13)16)7-15-19(17,18)9-4-3-8(5-12)14-6-9/h3-4,6,15H,5,7,12H2,1-2H3,(H2,13,16). The summed E-state index contributed by atoms with van der Waals surface area (Å²) in [5.74, 6) is -0.577. The van der Waals surface area contributed by atoms with Crippen LogP contribution in [0.5, 0.6) is 0 Å². The Kier molecular flexibility index (Phi) is 4.61. The number of aromatic nitrogens is 1. The quantitative estimate of drug-likeness (QED) is 0.639. The Hall–Kier alpha value is -1.51. The molecule has 0 fully saturated rings. The van der Waals surface area contributed by atoms with E-state index in [9.17, 15) is 13.2 Å². The zero-order valence-electron chi connectivity index (χ0n) is 10.9. The predicted molar refractivity (Wildman–Crippen MR) is 70.3 cm³/mol. The van der Waals surface area contributed by atoms with Crippen LogP contribution in [0.4, 0.5) is 0 Å². The molecule has 0 atom stereocenters. The third kappa shape index (κ3) is 3.98. The zero-order chi connectivity index (χ0) is 14.7. The Morgan fingerprint density at radius 1 is 1.42 bits per heavy atom. The van der Waals surface area contributed by atoms with Crippen LogP contribution in [0.1, 0.15) is 19.5 Å². The molecule has 5 N–H and O–H groups in total. The van der Waals surface area contributed by atoms with Crippen molar-refractivity contribution in [1.82, 2.24) is 9.71 Å². The predicted octanol–water partition coefficient (Wildman–Crippen LogP) is -0.670. The van der Waals surface area contributed by atoms with Crippen LogP contribution in [-0.4, -0.2) is 25.9 Å². The summed E-state index contributed by atoms with van der Waals surface area (Å²) >= 11 is 0. The maximum Gasteiger partial charge on any atom is 0.242 e. The van der Waals surface area contributed by atoms with Gasteiger partial charge in [0.25, 0.3) is 0 Å². The van der Waals surface area contributed by atoms with Crippen molar-refractivity contribution in [3.63, 3.8) is 0 Å². The van der Waals surface area contributed by atoms with Crippen LogP contribution in [0.25, 0.3) is 0 Å². The molecular weight excluding hydrogens is 268 g/mol. The number of sulfonamides is 1. The number of nitrogens with zero attached hydrogens (tertiary/aromatic N) is 1. The third-order valence-corrected chi connectivity index (χ3v) is 4.07. The second kappa shape index (κ2) is 5.64. The first-order valence-electron chi connectivity index (χ1n) is 5.63. The van der Waals surface area contributed by atoms with Gasteiger partial charge in [-0.1, -0.05) is 0 Å². The van der Waals surface area contributed by atoms with Crippen molar-refractivity contribution >= 4 is 15.9 Å². The second-order valence-electron chi connectivity index (χ2n) is 4.76. The lowest BCUT2D eigenvalue weighted by atomic mass is 9.93. The van der Waals surface area contributed by atoms with E-state index in [0.717, 1.165) is 0 Å². The first kappa shape index (κ1) is 15.5. The Morgan fingerprint density at radius 2 is 2.05 bits per heavy atom. The first-order valence-corrected chi connectivity index (χ1v) is 7.12. The molecule has 1 aromatic heterocycles. The summed E-state index contributed by atoms with van der Waals surface area (Å²) in [4.78, 5) is 15.0. The largest absolute Gasteiger partial charge is 0.369 e. The van der Waals surface area contributed by atoms with Crippen molar-refractivity contribution in [2.24, 2.45) is 16.9 Å². The van der Waals surface area contributed by atoms with E-state index in [1.807, 2.05) is 0 Å². The topological polar surface area (TPSA) is 128 Å². The number of amides is 1. The Labute approximate surface area is 112 Å². The molecule has 1 rings (SSSR count). The van der Waals surface area contributed by atoms with Gasteiger partial charge in [0.15, 0.2) is 0 Å². The van der Waals surface area contributed by atoms with Crippen LogP contribution in [0.15, 0.2) is 23.2 Å². The minimum atomic E-state index is -3.71. The average molecular weight is 286 g/mol. The highest BCUT2D eigenvalue weighted by molar-refractivity contribution is 7.89. The van der Waals surface area contributed by atoms with Gasteiger partial charge in [-0.25, -0.2) is 13.1 Å². The molecule has 8 heteroatoms. The molecule has 7 nitrogen and oxygen atoms in total. The number of nitrogens with one attached hydrogen (secondary N) is 1. The highest BCUT2D eigenvalue weighted by atomic mass is 32.2. The molecule has 0 aliphatic rings. The Bertz CT molecular complexity index is 552. The molecule has 0 saturated carbocycles. The molecule has 1 heterocycles. The minimum absolute atomic E-state index is 0.0185. The second-order valence-corrected chi connectivity index (χ2v) is 6.53. The number of hydrogen-bond donors (Lipinski definition) is 3. The van der Waals surface area contributed by atoms with E-state index in [1.54, 1.807) is 13.8 Å². The number of pyridine rings is 1. The lowest BCUT2D eigenvalue weighted by Gasteiger charge is -2.20. The molecule has 0 unspecified atom stereocenters. The molecule has 0 radical (unpaired) electrons. The molecule has 0 spiro atoms. The van der Waals surface area contributed by atoms with Crippen LogP contribution < -0.4 is 16.2 Å². The van der Waals surface area contributed by atoms with E-state index in [1.165, 1.54) is 18.3 Å². The number of rotatable bonds is 6. The van der Waals surface area contributed by atoms with Gasteiger partial charge in [0, 0.05) is 19.3 Å². The minimum Gasteiger partial charge on any atom is -0.369 e. The molecule has 0 saturated heterocycles.